The molecule has 0 saturated carbocycles. The van der Waals surface area contributed by atoms with Crippen molar-refractivity contribution < 1.29 is 17.0 Å². The van der Waals surface area contributed by atoms with Crippen molar-refractivity contribution >= 4 is 7.26 Å². The van der Waals surface area contributed by atoms with Crippen LogP contribution in [0.1, 0.15) is 47.9 Å². The quantitative estimate of drug-likeness (QED) is 0.131. The molecule has 0 spiro atoms. The molecule has 2 heteroatoms. The van der Waals surface area contributed by atoms with Gasteiger partial charge in [-0.15, -0.1) is 0 Å². The zero-order valence-electron chi connectivity index (χ0n) is 22.9. The average Bonchev–Trinajstić information content (AvgIpc) is 2.95. The third kappa shape index (κ3) is 10.9. The zero-order valence-corrected chi connectivity index (χ0v) is 25.3. The van der Waals surface area contributed by atoms with Gasteiger partial charge in [0.05, 0.1) is 24.6 Å². The molecule has 0 unspecified atom stereocenters. The largest absolute Gasteiger partial charge is 1.00 e. The van der Waals surface area contributed by atoms with Crippen molar-refractivity contribution in [3.05, 3.63) is 144 Å². The van der Waals surface area contributed by atoms with E-state index in [0.29, 0.717) is 0 Å². The lowest BCUT2D eigenvalue weighted by molar-refractivity contribution is -0.00000758. The van der Waals surface area contributed by atoms with Gasteiger partial charge in [0.15, 0.2) is 0 Å². The lowest BCUT2D eigenvalue weighted by Crippen LogP contribution is -3.00. The van der Waals surface area contributed by atoms with Crippen molar-refractivity contribution in [3.8, 4) is 0 Å². The van der Waals surface area contributed by atoms with Crippen LogP contribution in [0.2, 0.25) is 0 Å². The Morgan fingerprint density at radius 1 is 0.316 bits per heavy atom. The van der Waals surface area contributed by atoms with Gasteiger partial charge in [-0.2, -0.15) is 0 Å². The first-order valence-corrected chi connectivity index (χ1v) is 16.9. The fourth-order valence-electron chi connectivity index (χ4n) is 5.72. The zero-order chi connectivity index (χ0) is 25.4. The molecule has 0 N–H and O–H groups in total. The second-order valence-corrected chi connectivity index (χ2v) is 15.1. The maximum absolute atomic E-state index is 2.31. The molecular formula is C36H44BrP. The Balaban J connectivity index is 0.00000400. The van der Waals surface area contributed by atoms with Crippen LogP contribution in [0.5, 0.6) is 0 Å². The number of aryl methyl sites for hydroxylation is 4. The van der Waals surface area contributed by atoms with Gasteiger partial charge in [-0.25, -0.2) is 0 Å². The monoisotopic (exact) mass is 586 g/mol. The van der Waals surface area contributed by atoms with Crippen LogP contribution >= 0.6 is 7.26 Å². The minimum Gasteiger partial charge on any atom is -1.00 e. The van der Waals surface area contributed by atoms with Crippen LogP contribution < -0.4 is 17.0 Å². The van der Waals surface area contributed by atoms with E-state index in [1.165, 1.54) is 98.3 Å². The molecule has 0 radical (unpaired) electrons. The summed E-state index contributed by atoms with van der Waals surface area (Å²) in [5.74, 6) is 0. The van der Waals surface area contributed by atoms with E-state index in [1.54, 1.807) is 0 Å². The molecule has 0 aromatic heterocycles. The summed E-state index contributed by atoms with van der Waals surface area (Å²) in [5.41, 5.74) is 5.99. The second-order valence-electron chi connectivity index (χ2n) is 10.6. The highest BCUT2D eigenvalue weighted by Gasteiger charge is 2.35. The molecule has 0 heterocycles. The molecular weight excluding hydrogens is 543 g/mol. The van der Waals surface area contributed by atoms with Crippen LogP contribution in [-0.2, 0) is 25.7 Å². The third-order valence-electron chi connectivity index (χ3n) is 7.76. The fraction of sp³-hybridized carbons (Fsp3) is 0.333. The van der Waals surface area contributed by atoms with Crippen molar-refractivity contribution in [2.45, 2.75) is 51.4 Å². The van der Waals surface area contributed by atoms with Crippen LogP contribution in [0.4, 0.5) is 0 Å². The van der Waals surface area contributed by atoms with Crippen LogP contribution in [0, 0.1) is 0 Å². The summed E-state index contributed by atoms with van der Waals surface area (Å²) >= 11 is 0. The van der Waals surface area contributed by atoms with E-state index in [4.69, 9.17) is 0 Å². The first-order valence-electron chi connectivity index (χ1n) is 14.3. The summed E-state index contributed by atoms with van der Waals surface area (Å²) < 4.78 is 0. The van der Waals surface area contributed by atoms with E-state index < -0.39 is 7.26 Å². The van der Waals surface area contributed by atoms with Gasteiger partial charge < -0.3 is 17.0 Å². The second kappa shape index (κ2) is 17.4. The minimum absolute atomic E-state index is 0. The predicted molar refractivity (Wildman–Crippen MR) is 165 cm³/mol. The predicted octanol–water partition coefficient (Wildman–Crippen LogP) is 6.54. The lowest BCUT2D eigenvalue weighted by atomic mass is 10.1. The first-order chi connectivity index (χ1) is 18.3. The molecule has 0 aliphatic carbocycles. The Bertz CT molecular complexity index is 926. The Morgan fingerprint density at radius 2 is 0.526 bits per heavy atom. The number of hydrogen-bond donors (Lipinski definition) is 0. The van der Waals surface area contributed by atoms with Gasteiger partial charge >= 0.3 is 0 Å². The third-order valence-corrected chi connectivity index (χ3v) is 12.8. The van der Waals surface area contributed by atoms with Crippen molar-refractivity contribution in [1.82, 2.24) is 0 Å². The first kappa shape index (κ1) is 30.3. The molecule has 4 rings (SSSR count). The van der Waals surface area contributed by atoms with Crippen LogP contribution in [-0.4, -0.2) is 24.6 Å². The molecule has 0 fully saturated rings. The fourth-order valence-corrected chi connectivity index (χ4v) is 10.4. The summed E-state index contributed by atoms with van der Waals surface area (Å²) in [6.07, 6.45) is 16.0. The van der Waals surface area contributed by atoms with Gasteiger partial charge in [-0.3, -0.25) is 0 Å². The standard InChI is InChI=1S/C36H44P.BrH/c1-5-17-33(18-6-1)25-13-29-37(30-14-26-34-19-7-2-8-20-34,31-15-27-35-21-9-3-10-22-35)32-16-28-36-23-11-4-12-24-36;/h1-12,17-24H,13-16,25-32H2;1H/q+1;/p-1. The van der Waals surface area contributed by atoms with Crippen molar-refractivity contribution in [2.75, 3.05) is 24.6 Å². The highest BCUT2D eigenvalue weighted by molar-refractivity contribution is 7.75. The molecule has 0 aliphatic heterocycles. The van der Waals surface area contributed by atoms with Crippen molar-refractivity contribution in [2.24, 2.45) is 0 Å². The average molecular weight is 588 g/mol. The maximum atomic E-state index is 2.31. The molecule has 0 atom stereocenters. The summed E-state index contributed by atoms with van der Waals surface area (Å²) in [6.45, 7) is 0. The van der Waals surface area contributed by atoms with Crippen molar-refractivity contribution in [1.29, 1.82) is 0 Å². The molecule has 0 aliphatic rings. The Kier molecular flexibility index (Phi) is 13.9. The topological polar surface area (TPSA) is 0 Å². The van der Waals surface area contributed by atoms with Crippen LogP contribution in [0.3, 0.4) is 0 Å². The molecule has 0 bridgehead atoms. The number of hydrogen-bond acceptors (Lipinski definition) is 0. The van der Waals surface area contributed by atoms with Gasteiger partial charge in [0.25, 0.3) is 0 Å². The molecule has 0 amide bonds. The van der Waals surface area contributed by atoms with Crippen LogP contribution in [0.15, 0.2) is 121 Å². The van der Waals surface area contributed by atoms with E-state index in [9.17, 15) is 0 Å². The highest BCUT2D eigenvalue weighted by atomic mass is 79.9. The molecule has 38 heavy (non-hydrogen) atoms. The molecule has 200 valence electrons. The Labute approximate surface area is 243 Å². The molecule has 4 aromatic rings. The molecule has 0 nitrogen and oxygen atoms in total. The van der Waals surface area contributed by atoms with Crippen LogP contribution in [0.25, 0.3) is 0 Å². The van der Waals surface area contributed by atoms with Crippen molar-refractivity contribution in [3.63, 3.8) is 0 Å². The Hall–Kier alpha value is -2.21. The summed E-state index contributed by atoms with van der Waals surface area (Å²) in [6, 6.07) is 44.5. The summed E-state index contributed by atoms with van der Waals surface area (Å²) in [4.78, 5) is 0. The van der Waals surface area contributed by atoms with E-state index >= 15 is 0 Å². The molecule has 0 saturated heterocycles. The Morgan fingerprint density at radius 3 is 0.737 bits per heavy atom. The van der Waals surface area contributed by atoms with E-state index in [2.05, 4.69) is 121 Å². The number of rotatable bonds is 16. The number of halogens is 1. The van der Waals surface area contributed by atoms with Gasteiger partial charge in [0.1, 0.15) is 0 Å². The normalized spacial score (nSPS) is 11.2. The summed E-state index contributed by atoms with van der Waals surface area (Å²) in [5, 5.41) is 0. The van der Waals surface area contributed by atoms with E-state index in [-0.39, 0.29) is 17.0 Å². The summed E-state index contributed by atoms with van der Waals surface area (Å²) in [7, 11) is -1.04. The lowest BCUT2D eigenvalue weighted by Gasteiger charge is -2.29. The van der Waals surface area contributed by atoms with Gasteiger partial charge in [-0.05, 0) is 73.6 Å². The van der Waals surface area contributed by atoms with E-state index in [1.807, 2.05) is 0 Å². The highest BCUT2D eigenvalue weighted by Crippen LogP contribution is 2.61. The SMILES string of the molecule is [Br-].c1ccc(CCC[P+](CCCc2ccccc2)(CCCc2ccccc2)CCCc2ccccc2)cc1. The smallest absolute Gasteiger partial charge is 0.0597 e. The molecule has 4 aromatic carbocycles. The van der Waals surface area contributed by atoms with Gasteiger partial charge in [0.2, 0.25) is 0 Å². The van der Waals surface area contributed by atoms with Gasteiger partial charge in [-0.1, -0.05) is 121 Å². The van der Waals surface area contributed by atoms with Gasteiger partial charge in [0, 0.05) is 7.26 Å². The maximum Gasteiger partial charge on any atom is 0.0597 e. The minimum atomic E-state index is -1.04. The number of benzene rings is 4. The van der Waals surface area contributed by atoms with E-state index in [0.717, 1.165) is 0 Å².